The number of nitrogens with one attached hydrogen (secondary N) is 1. The molecule has 0 unspecified atom stereocenters. The third-order valence-corrected chi connectivity index (χ3v) is 3.06. The largest absolute Gasteiger partial charge is 0.378 e. The molecule has 1 amide bonds. The van der Waals surface area contributed by atoms with E-state index in [1.165, 1.54) is 18.2 Å². The molecule has 0 aliphatic heterocycles. The van der Waals surface area contributed by atoms with Crippen LogP contribution in [0, 0.1) is 12.7 Å². The maximum Gasteiger partial charge on any atom is 0.248 e. The number of rotatable bonds is 4. The number of halogens is 1. The van der Waals surface area contributed by atoms with Crippen LogP contribution in [0.5, 0.6) is 0 Å². The van der Waals surface area contributed by atoms with E-state index in [0.29, 0.717) is 6.54 Å². The molecule has 2 aromatic rings. The Bertz CT molecular complexity index is 621. The van der Waals surface area contributed by atoms with Crippen LogP contribution in [-0.2, 0) is 13.6 Å². The molecule has 0 saturated carbocycles. The van der Waals surface area contributed by atoms with Gasteiger partial charge < -0.3 is 11.1 Å². The Hall–Kier alpha value is -2.37. The Morgan fingerprint density at radius 3 is 2.84 bits per heavy atom. The van der Waals surface area contributed by atoms with Gasteiger partial charge in [-0.1, -0.05) is 0 Å². The lowest BCUT2D eigenvalue weighted by Gasteiger charge is -2.08. The fourth-order valence-corrected chi connectivity index (χ4v) is 1.72. The fraction of sp³-hybridized carbons (Fsp3) is 0.231. The summed E-state index contributed by atoms with van der Waals surface area (Å²) < 4.78 is 15.3. The van der Waals surface area contributed by atoms with Gasteiger partial charge >= 0.3 is 0 Å². The normalized spacial score (nSPS) is 10.5. The van der Waals surface area contributed by atoms with Crippen molar-refractivity contribution in [2.75, 3.05) is 5.32 Å². The highest BCUT2D eigenvalue weighted by atomic mass is 19.1. The third kappa shape index (κ3) is 2.73. The van der Waals surface area contributed by atoms with Crippen molar-refractivity contribution >= 4 is 11.6 Å². The van der Waals surface area contributed by atoms with E-state index in [2.05, 4.69) is 10.4 Å². The highest BCUT2D eigenvalue weighted by Gasteiger charge is 2.08. The summed E-state index contributed by atoms with van der Waals surface area (Å²) >= 11 is 0. The van der Waals surface area contributed by atoms with E-state index in [1.807, 2.05) is 14.0 Å². The van der Waals surface area contributed by atoms with Crippen LogP contribution in [0.4, 0.5) is 10.1 Å². The average Bonchev–Trinajstić information content (AvgIpc) is 2.69. The Morgan fingerprint density at radius 2 is 2.26 bits per heavy atom. The number of nitrogens with two attached hydrogens (primary N) is 1. The van der Waals surface area contributed by atoms with E-state index >= 15 is 0 Å². The number of aryl methyl sites for hydroxylation is 1. The molecule has 0 spiro atoms. The molecule has 0 aliphatic rings. The van der Waals surface area contributed by atoms with Gasteiger partial charge in [0.2, 0.25) is 5.91 Å². The van der Waals surface area contributed by atoms with Gasteiger partial charge in [-0.3, -0.25) is 9.48 Å². The van der Waals surface area contributed by atoms with Crippen molar-refractivity contribution in [1.82, 2.24) is 9.78 Å². The number of carbonyl (C=O) groups is 1. The zero-order valence-corrected chi connectivity index (χ0v) is 10.8. The smallest absolute Gasteiger partial charge is 0.248 e. The quantitative estimate of drug-likeness (QED) is 0.878. The Kier molecular flexibility index (Phi) is 3.50. The second-order valence-corrected chi connectivity index (χ2v) is 4.29. The molecule has 5 nitrogen and oxygen atoms in total. The van der Waals surface area contributed by atoms with E-state index in [0.717, 1.165) is 11.3 Å². The van der Waals surface area contributed by atoms with Crippen LogP contribution in [0.1, 0.15) is 21.6 Å². The van der Waals surface area contributed by atoms with Crippen LogP contribution < -0.4 is 11.1 Å². The van der Waals surface area contributed by atoms with Crippen LogP contribution in [0.15, 0.2) is 24.4 Å². The van der Waals surface area contributed by atoms with Gasteiger partial charge in [-0.15, -0.1) is 0 Å². The maximum atomic E-state index is 13.6. The molecule has 2 rings (SSSR count). The van der Waals surface area contributed by atoms with Gasteiger partial charge in [-0.2, -0.15) is 5.10 Å². The molecule has 19 heavy (non-hydrogen) atoms. The zero-order chi connectivity index (χ0) is 14.0. The molecule has 0 radical (unpaired) electrons. The number of amides is 1. The number of benzene rings is 1. The molecule has 1 heterocycles. The molecular weight excluding hydrogens is 247 g/mol. The molecule has 0 atom stereocenters. The van der Waals surface area contributed by atoms with Crippen molar-refractivity contribution < 1.29 is 9.18 Å². The Labute approximate surface area is 110 Å². The van der Waals surface area contributed by atoms with E-state index in [1.54, 1.807) is 10.9 Å². The molecular formula is C13H15FN4O. The van der Waals surface area contributed by atoms with Crippen molar-refractivity contribution in [3.8, 4) is 0 Å². The van der Waals surface area contributed by atoms with Gasteiger partial charge in [0.05, 0.1) is 11.9 Å². The molecule has 100 valence electrons. The lowest BCUT2D eigenvalue weighted by Crippen LogP contribution is -2.12. The number of nitrogens with zero attached hydrogens (tertiary/aromatic N) is 2. The van der Waals surface area contributed by atoms with Crippen molar-refractivity contribution in [3.05, 3.63) is 47.0 Å². The highest BCUT2D eigenvalue weighted by Crippen LogP contribution is 2.17. The lowest BCUT2D eigenvalue weighted by atomic mass is 10.1. The van der Waals surface area contributed by atoms with Gasteiger partial charge in [-0.05, 0) is 25.1 Å². The summed E-state index contributed by atoms with van der Waals surface area (Å²) in [5, 5.41) is 7.05. The summed E-state index contributed by atoms with van der Waals surface area (Å²) in [6.07, 6.45) is 1.72. The summed E-state index contributed by atoms with van der Waals surface area (Å²) in [6.45, 7) is 2.36. The Balaban J connectivity index is 2.17. The average molecular weight is 262 g/mol. The number of carbonyl (C=O) groups excluding carboxylic acids is 1. The molecule has 0 bridgehead atoms. The summed E-state index contributed by atoms with van der Waals surface area (Å²) in [7, 11) is 1.84. The lowest BCUT2D eigenvalue weighted by molar-refractivity contribution is 0.100. The predicted molar refractivity (Wildman–Crippen MR) is 70.2 cm³/mol. The van der Waals surface area contributed by atoms with E-state index in [4.69, 9.17) is 5.73 Å². The predicted octanol–water partition coefficient (Wildman–Crippen LogP) is 1.58. The van der Waals surface area contributed by atoms with Crippen LogP contribution in [0.3, 0.4) is 0 Å². The monoisotopic (exact) mass is 262 g/mol. The minimum atomic E-state index is -0.583. The number of hydrogen-bond donors (Lipinski definition) is 2. The number of primary amides is 1. The van der Waals surface area contributed by atoms with Gasteiger partial charge in [0.1, 0.15) is 5.82 Å². The van der Waals surface area contributed by atoms with Crippen molar-refractivity contribution in [3.63, 3.8) is 0 Å². The van der Waals surface area contributed by atoms with Crippen LogP contribution in [0.25, 0.3) is 0 Å². The molecule has 1 aromatic carbocycles. The minimum absolute atomic E-state index is 0.250. The third-order valence-electron chi connectivity index (χ3n) is 3.06. The summed E-state index contributed by atoms with van der Waals surface area (Å²) in [5.41, 5.74) is 7.65. The summed E-state index contributed by atoms with van der Waals surface area (Å²) in [6, 6.07) is 3.99. The number of anilines is 1. The molecule has 3 N–H and O–H groups in total. The zero-order valence-electron chi connectivity index (χ0n) is 10.8. The van der Waals surface area contributed by atoms with Crippen molar-refractivity contribution in [2.45, 2.75) is 13.5 Å². The SMILES string of the molecule is Cc1c(CNc2cc(C(N)=O)ccc2F)cnn1C. The van der Waals surface area contributed by atoms with Gasteiger partial charge in [0, 0.05) is 30.4 Å². The first-order valence-electron chi connectivity index (χ1n) is 5.79. The van der Waals surface area contributed by atoms with Gasteiger partial charge in [0.15, 0.2) is 0 Å². The first kappa shape index (κ1) is 13.1. The van der Waals surface area contributed by atoms with Crippen LogP contribution >= 0.6 is 0 Å². The topological polar surface area (TPSA) is 72.9 Å². The first-order chi connectivity index (χ1) is 8.99. The maximum absolute atomic E-state index is 13.6. The second-order valence-electron chi connectivity index (χ2n) is 4.29. The van der Waals surface area contributed by atoms with Crippen molar-refractivity contribution in [1.29, 1.82) is 0 Å². The molecule has 1 aromatic heterocycles. The van der Waals surface area contributed by atoms with Crippen LogP contribution in [-0.4, -0.2) is 15.7 Å². The fourth-order valence-electron chi connectivity index (χ4n) is 1.72. The molecule has 0 saturated heterocycles. The first-order valence-corrected chi connectivity index (χ1v) is 5.79. The minimum Gasteiger partial charge on any atom is -0.378 e. The molecule has 0 fully saturated rings. The van der Waals surface area contributed by atoms with Gasteiger partial charge in [-0.25, -0.2) is 4.39 Å². The van der Waals surface area contributed by atoms with Crippen LogP contribution in [0.2, 0.25) is 0 Å². The van der Waals surface area contributed by atoms with E-state index in [-0.39, 0.29) is 11.3 Å². The number of aromatic nitrogens is 2. The van der Waals surface area contributed by atoms with Gasteiger partial charge in [0.25, 0.3) is 0 Å². The van der Waals surface area contributed by atoms with E-state index in [9.17, 15) is 9.18 Å². The highest BCUT2D eigenvalue weighted by molar-refractivity contribution is 5.93. The standard InChI is InChI=1S/C13H15FN4O/c1-8-10(7-17-18(8)2)6-16-12-5-9(13(15)19)3-4-11(12)14/h3-5,7,16H,6H2,1-2H3,(H2,15,19). The summed E-state index contributed by atoms with van der Waals surface area (Å²) in [5.74, 6) is -1.01. The molecule has 6 heteroatoms. The molecule has 0 aliphatic carbocycles. The number of hydrogen-bond acceptors (Lipinski definition) is 3. The van der Waals surface area contributed by atoms with E-state index < -0.39 is 11.7 Å². The summed E-state index contributed by atoms with van der Waals surface area (Å²) in [4.78, 5) is 11.1. The van der Waals surface area contributed by atoms with Crippen molar-refractivity contribution in [2.24, 2.45) is 12.8 Å². The Morgan fingerprint density at radius 1 is 1.53 bits per heavy atom. The second kappa shape index (κ2) is 5.09.